The van der Waals surface area contributed by atoms with Crippen molar-refractivity contribution in [2.75, 3.05) is 6.16 Å². The van der Waals surface area contributed by atoms with Crippen LogP contribution in [0.4, 0.5) is 0 Å². The summed E-state index contributed by atoms with van der Waals surface area (Å²) in [7, 11) is -7.06. The molecule has 0 fully saturated rings. The van der Waals surface area contributed by atoms with Crippen LogP contribution in [0.5, 0.6) is 0 Å². The zero-order valence-electron chi connectivity index (χ0n) is 19.0. The second-order valence-electron chi connectivity index (χ2n) is 7.60. The molecule has 4 rings (SSSR count). The van der Waals surface area contributed by atoms with Crippen molar-refractivity contribution in [3.8, 4) is 0 Å². The van der Waals surface area contributed by atoms with E-state index in [4.69, 9.17) is 30.9 Å². The van der Waals surface area contributed by atoms with E-state index in [0.717, 1.165) is 0 Å². The van der Waals surface area contributed by atoms with Crippen LogP contribution in [0.3, 0.4) is 0 Å². The molecule has 1 N–H and O–H groups in total. The predicted molar refractivity (Wildman–Crippen MR) is 137 cm³/mol. The van der Waals surface area contributed by atoms with Crippen molar-refractivity contribution in [2.24, 2.45) is 0 Å². The van der Waals surface area contributed by atoms with Gasteiger partial charge in [-0.1, -0.05) is 85.0 Å². The van der Waals surface area contributed by atoms with E-state index in [1.54, 1.807) is 12.1 Å². The summed E-state index contributed by atoms with van der Waals surface area (Å²) in [6.07, 6.45) is 0.582. The third kappa shape index (κ3) is 7.75. The number of halogens is 1. The van der Waals surface area contributed by atoms with Gasteiger partial charge in [-0.25, -0.2) is 18.6 Å². The molecule has 4 aromatic carbocycles. The molecule has 0 aliphatic heterocycles. The molecule has 0 saturated heterocycles. The normalized spacial score (nSPS) is 11.1. The Hall–Kier alpha value is -3.00. The van der Waals surface area contributed by atoms with Crippen LogP contribution in [-0.4, -0.2) is 17.1 Å². The van der Waals surface area contributed by atoms with Gasteiger partial charge < -0.3 is 5.32 Å². The van der Waals surface area contributed by atoms with Crippen molar-refractivity contribution in [1.82, 2.24) is 5.32 Å². The Labute approximate surface area is 217 Å². The van der Waals surface area contributed by atoms with Crippen LogP contribution in [0.15, 0.2) is 121 Å². The maximum absolute atomic E-state index is 12.8. The van der Waals surface area contributed by atoms with Gasteiger partial charge in [0.25, 0.3) is 5.91 Å². The molecule has 1 amide bonds. The van der Waals surface area contributed by atoms with E-state index >= 15 is 0 Å². The lowest BCUT2D eigenvalue weighted by molar-refractivity contribution is -2.00. The highest BCUT2D eigenvalue weighted by Gasteiger charge is 2.46. The average Bonchev–Trinajstić information content (AvgIpc) is 2.88. The third-order valence-electron chi connectivity index (χ3n) is 5.26. The van der Waals surface area contributed by atoms with Crippen molar-refractivity contribution >= 4 is 46.3 Å². The van der Waals surface area contributed by atoms with Gasteiger partial charge in [0.05, 0.1) is 0 Å². The van der Waals surface area contributed by atoms with Gasteiger partial charge in [-0.15, -0.1) is 10.2 Å². The highest BCUT2D eigenvalue weighted by Crippen LogP contribution is 2.55. The van der Waals surface area contributed by atoms with Gasteiger partial charge in [0, 0.05) is 5.56 Å². The molecule has 6 nitrogen and oxygen atoms in total. The molecule has 9 heteroatoms. The summed E-state index contributed by atoms with van der Waals surface area (Å²) in [6, 6.07) is 40.8. The van der Waals surface area contributed by atoms with Gasteiger partial charge in [-0.05, 0) is 48.5 Å². The smallest absolute Gasteiger partial charge is 0.256 e. The highest BCUT2D eigenvalue weighted by molar-refractivity contribution is 7.97. The van der Waals surface area contributed by atoms with Gasteiger partial charge in [0.15, 0.2) is 0 Å². The molecular weight excluding hydrogens is 517 g/mol. The summed E-state index contributed by atoms with van der Waals surface area (Å²) < 4.78 is 34.0. The van der Waals surface area contributed by atoms with E-state index in [-0.39, 0.29) is 5.91 Å². The monoisotopic (exact) mass is 539 g/mol. The topological polar surface area (TPSA) is 121 Å². The summed E-state index contributed by atoms with van der Waals surface area (Å²) >= 11 is 5.77. The first-order valence-corrected chi connectivity index (χ1v) is 14.4. The minimum Gasteiger partial charge on any atom is -0.313 e. The minimum atomic E-state index is -4.94. The largest absolute Gasteiger partial charge is 0.313 e. The zero-order valence-corrected chi connectivity index (χ0v) is 21.5. The van der Waals surface area contributed by atoms with Crippen LogP contribution < -0.4 is 39.9 Å². The van der Waals surface area contributed by atoms with E-state index < -0.39 is 17.5 Å². The van der Waals surface area contributed by atoms with Crippen LogP contribution in [0, 0.1) is 10.2 Å². The lowest BCUT2D eigenvalue weighted by Crippen LogP contribution is -2.68. The van der Waals surface area contributed by atoms with E-state index in [9.17, 15) is 4.79 Å². The molecule has 0 saturated carbocycles. The van der Waals surface area contributed by atoms with Crippen molar-refractivity contribution in [3.63, 3.8) is 0 Å². The van der Waals surface area contributed by atoms with Crippen molar-refractivity contribution in [3.05, 3.63) is 127 Å². The molecule has 0 atom stereocenters. The second-order valence-corrected chi connectivity index (χ2v) is 12.3. The number of amides is 1. The van der Waals surface area contributed by atoms with Crippen LogP contribution >= 0.6 is 19.5 Å². The SMILES string of the molecule is O=C(NC(=S)C[P+](c1ccccc1)(c1ccccc1)c1ccccc1)c1ccccc1.[O-][Cl+3]([O-])([O-])[O-]. The third-order valence-corrected chi connectivity index (χ3v) is 10.1. The fraction of sp³-hybridized carbons (Fsp3) is 0.0370. The molecular formula is C27H23ClNO5PS. The standard InChI is InChI=1S/C27H22NOPS.ClHO4/c29-27(22-13-5-1-6-14-22)28-26(31)21-30(23-15-7-2-8-16-23,24-17-9-3-10-18-24)25-19-11-4-12-20-25;2-1(3,4)5/h1-20H,21H2;(H,2,3,4,5). The number of carbonyl (C=O) groups excluding carboxylic acids is 1. The van der Waals surface area contributed by atoms with Gasteiger partial charge in [-0.3, -0.25) is 4.79 Å². The average molecular weight is 540 g/mol. The lowest BCUT2D eigenvalue weighted by atomic mass is 10.2. The van der Waals surface area contributed by atoms with Crippen LogP contribution in [-0.2, 0) is 0 Å². The van der Waals surface area contributed by atoms with Crippen LogP contribution in [0.1, 0.15) is 10.4 Å². The fourth-order valence-corrected chi connectivity index (χ4v) is 8.48. The summed E-state index contributed by atoms with van der Waals surface area (Å²) in [5.74, 6) is -0.169. The molecule has 0 spiro atoms. The first-order valence-electron chi connectivity index (χ1n) is 10.8. The van der Waals surface area contributed by atoms with Gasteiger partial charge in [0.1, 0.15) is 34.3 Å². The molecule has 36 heavy (non-hydrogen) atoms. The highest BCUT2D eigenvalue weighted by atomic mass is 35.7. The summed E-state index contributed by atoms with van der Waals surface area (Å²) in [4.78, 5) is 13.3. The Morgan fingerprint density at radius 2 is 0.944 bits per heavy atom. The van der Waals surface area contributed by atoms with Crippen molar-refractivity contribution in [1.29, 1.82) is 0 Å². The molecule has 0 aromatic heterocycles. The van der Waals surface area contributed by atoms with E-state index in [1.807, 2.05) is 36.4 Å². The Balaban J connectivity index is 0.000000658. The van der Waals surface area contributed by atoms with Gasteiger partial charge in [-0.2, -0.15) is 0 Å². The number of carbonyl (C=O) groups is 1. The van der Waals surface area contributed by atoms with Crippen LogP contribution in [0.25, 0.3) is 0 Å². The fourth-order valence-electron chi connectivity index (χ4n) is 3.81. The zero-order chi connectivity index (χ0) is 26.0. The molecule has 0 heterocycles. The minimum absolute atomic E-state index is 0.169. The molecule has 0 unspecified atom stereocenters. The number of benzene rings is 4. The maximum atomic E-state index is 12.8. The second kappa shape index (κ2) is 12.8. The van der Waals surface area contributed by atoms with E-state index in [1.165, 1.54) is 15.9 Å². The molecule has 0 radical (unpaired) electrons. The Bertz CT molecular complexity index is 1150. The Morgan fingerprint density at radius 1 is 0.639 bits per heavy atom. The van der Waals surface area contributed by atoms with E-state index in [0.29, 0.717) is 16.7 Å². The Morgan fingerprint density at radius 3 is 1.28 bits per heavy atom. The number of thiocarbonyl (C=S) groups is 1. The number of hydrogen-bond donors (Lipinski definition) is 1. The first-order chi connectivity index (χ1) is 17.2. The molecule has 0 bridgehead atoms. The summed E-state index contributed by atoms with van der Waals surface area (Å²) in [5, 5.41) is 6.70. The molecule has 4 aromatic rings. The summed E-state index contributed by atoms with van der Waals surface area (Å²) in [5.41, 5.74) is 0.605. The lowest BCUT2D eigenvalue weighted by Gasteiger charge is -2.28. The number of nitrogens with one attached hydrogen (secondary N) is 1. The number of rotatable bonds is 6. The van der Waals surface area contributed by atoms with Crippen molar-refractivity contribution in [2.45, 2.75) is 0 Å². The Kier molecular flexibility index (Phi) is 9.81. The quantitative estimate of drug-likeness (QED) is 0.271. The molecule has 0 aliphatic carbocycles. The van der Waals surface area contributed by atoms with Gasteiger partial charge >= 0.3 is 0 Å². The van der Waals surface area contributed by atoms with Gasteiger partial charge in [0.2, 0.25) is 0 Å². The maximum Gasteiger partial charge on any atom is 0.256 e. The molecule has 0 aliphatic rings. The van der Waals surface area contributed by atoms with E-state index in [2.05, 4.69) is 78.1 Å². The van der Waals surface area contributed by atoms with Crippen LogP contribution in [0.2, 0.25) is 0 Å². The summed E-state index contributed by atoms with van der Waals surface area (Å²) in [6.45, 7) is 0. The first kappa shape index (κ1) is 27.6. The van der Waals surface area contributed by atoms with Crippen molar-refractivity contribution < 1.29 is 33.7 Å². The molecule has 184 valence electrons. The number of hydrogen-bond acceptors (Lipinski definition) is 6. The predicted octanol–water partition coefficient (Wildman–Crippen LogP) is -0.0181.